The minimum Gasteiger partial charge on any atom is -0.201 e. The maximum Gasteiger partial charge on any atom is 0.306 e. The van der Waals surface area contributed by atoms with Gasteiger partial charge in [0.1, 0.15) is 6.16 Å². The van der Waals surface area contributed by atoms with Crippen molar-refractivity contribution in [3.8, 4) is 0 Å². The summed E-state index contributed by atoms with van der Waals surface area (Å²) in [6, 6.07) is 10.6. The average molecular weight is 311 g/mol. The molecule has 0 aliphatic carbocycles. The first kappa shape index (κ1) is 18.6. The van der Waals surface area contributed by atoms with Crippen molar-refractivity contribution in [3.05, 3.63) is 30.3 Å². The molecule has 0 spiro atoms. The highest BCUT2D eigenvalue weighted by Crippen LogP contribution is 2.60. The molecule has 1 aromatic rings. The summed E-state index contributed by atoms with van der Waals surface area (Å²) in [4.78, 5) is 0. The zero-order chi connectivity index (χ0) is 15.4. The lowest BCUT2D eigenvalue weighted by Gasteiger charge is -2.24. The smallest absolute Gasteiger partial charge is 0.201 e. The van der Waals surface area contributed by atoms with Crippen LogP contribution in [0.2, 0.25) is 0 Å². The van der Waals surface area contributed by atoms with Crippen LogP contribution in [0.1, 0.15) is 59.3 Å². The highest BCUT2D eigenvalue weighted by atomic mass is 31.2. The van der Waals surface area contributed by atoms with E-state index in [1.165, 1.54) is 18.1 Å². The monoisotopic (exact) mass is 311 g/mol. The Morgan fingerprint density at radius 2 is 1.29 bits per heavy atom. The molecule has 3 heteroatoms. The highest BCUT2D eigenvalue weighted by molar-refractivity contribution is 7.74. The molecule has 0 aliphatic rings. The molecule has 0 radical (unpaired) electrons. The molecule has 0 atom stereocenters. The zero-order valence-electron chi connectivity index (χ0n) is 14.0. The fourth-order valence-corrected chi connectivity index (χ4v) is 5.27. The quantitative estimate of drug-likeness (QED) is 0.370. The maximum absolute atomic E-state index is 6.39. The van der Waals surface area contributed by atoms with E-state index in [0.29, 0.717) is 0 Å². The number of hydrogen-bond donors (Lipinski definition) is 0. The Kier molecular flexibility index (Phi) is 9.91. The van der Waals surface area contributed by atoms with Gasteiger partial charge in [-0.25, -0.2) is 9.05 Å². The van der Waals surface area contributed by atoms with Gasteiger partial charge in [-0.2, -0.15) is 0 Å². The Bertz CT molecular complexity index is 343. The molecule has 0 fully saturated rings. The van der Waals surface area contributed by atoms with Crippen LogP contribution in [0.5, 0.6) is 0 Å². The summed E-state index contributed by atoms with van der Waals surface area (Å²) < 4.78 is 12.8. The molecule has 0 aliphatic heterocycles. The van der Waals surface area contributed by atoms with E-state index in [1.54, 1.807) is 0 Å². The molecule has 1 rings (SSSR count). The molecule has 0 N–H and O–H groups in total. The summed E-state index contributed by atoms with van der Waals surface area (Å²) in [5.74, 6) is 0. The van der Waals surface area contributed by atoms with E-state index in [1.807, 2.05) is 0 Å². The van der Waals surface area contributed by atoms with Gasteiger partial charge in [0.2, 0.25) is 0 Å². The van der Waals surface area contributed by atoms with E-state index in [4.69, 9.17) is 9.05 Å². The number of rotatable bonds is 12. The second kappa shape index (κ2) is 11.2. The summed E-state index contributed by atoms with van der Waals surface area (Å²) in [5.41, 5.74) is 0. The third kappa shape index (κ3) is 6.46. The predicted octanol–water partition coefficient (Wildman–Crippen LogP) is 5.59. The minimum absolute atomic E-state index is 0.814. The third-order valence-corrected chi connectivity index (χ3v) is 6.74. The fraction of sp³-hybridized carbons (Fsp3) is 0.667. The molecule has 0 saturated carbocycles. The van der Waals surface area contributed by atoms with Crippen LogP contribution in [0.25, 0.3) is 0 Å². The van der Waals surface area contributed by atoms with Crippen LogP contribution >= 0.6 is 7.72 Å². The lowest BCUT2D eigenvalue weighted by atomic mass is 10.4. The normalized spacial score (nSPS) is 11.8. The Labute approximate surface area is 131 Å². The SMILES string of the molecule is CCCCO[P+](CCCC)(OCCCC)c1ccccc1. The van der Waals surface area contributed by atoms with Crippen LogP contribution in [-0.2, 0) is 9.05 Å². The molecule has 1 aromatic carbocycles. The zero-order valence-corrected chi connectivity index (χ0v) is 14.9. The summed E-state index contributed by atoms with van der Waals surface area (Å²) >= 11 is 0. The minimum atomic E-state index is -1.92. The first-order valence-electron chi connectivity index (χ1n) is 8.51. The van der Waals surface area contributed by atoms with E-state index in [9.17, 15) is 0 Å². The van der Waals surface area contributed by atoms with Crippen molar-refractivity contribution in [2.24, 2.45) is 0 Å². The highest BCUT2D eigenvalue weighted by Gasteiger charge is 2.44. The largest absolute Gasteiger partial charge is 0.306 e. The number of unbranched alkanes of at least 4 members (excludes halogenated alkanes) is 3. The second-order valence-electron chi connectivity index (χ2n) is 5.46. The summed E-state index contributed by atoms with van der Waals surface area (Å²) in [7, 11) is -1.92. The van der Waals surface area contributed by atoms with Gasteiger partial charge in [-0.15, -0.1) is 0 Å². The van der Waals surface area contributed by atoms with Crippen molar-refractivity contribution in [3.63, 3.8) is 0 Å². The van der Waals surface area contributed by atoms with Crippen LogP contribution in [-0.4, -0.2) is 19.4 Å². The van der Waals surface area contributed by atoms with Crippen molar-refractivity contribution >= 4 is 13.0 Å². The van der Waals surface area contributed by atoms with Gasteiger partial charge < -0.3 is 0 Å². The molecule has 120 valence electrons. The van der Waals surface area contributed by atoms with Crippen LogP contribution in [0.3, 0.4) is 0 Å². The van der Waals surface area contributed by atoms with Gasteiger partial charge in [0.05, 0.1) is 13.2 Å². The third-order valence-electron chi connectivity index (χ3n) is 3.55. The van der Waals surface area contributed by atoms with Crippen LogP contribution < -0.4 is 5.30 Å². The first-order valence-corrected chi connectivity index (χ1v) is 10.3. The van der Waals surface area contributed by atoms with Gasteiger partial charge in [-0.1, -0.05) is 58.2 Å². The fourth-order valence-electron chi connectivity index (χ4n) is 2.18. The van der Waals surface area contributed by atoms with Gasteiger partial charge in [0.25, 0.3) is 0 Å². The van der Waals surface area contributed by atoms with Crippen LogP contribution in [0.4, 0.5) is 0 Å². The second-order valence-corrected chi connectivity index (χ2v) is 8.29. The Morgan fingerprint density at radius 1 is 0.762 bits per heavy atom. The van der Waals surface area contributed by atoms with Gasteiger partial charge in [0.15, 0.2) is 5.30 Å². The molecule has 0 aromatic heterocycles. The van der Waals surface area contributed by atoms with Crippen molar-refractivity contribution in [1.82, 2.24) is 0 Å². The van der Waals surface area contributed by atoms with Crippen molar-refractivity contribution in [1.29, 1.82) is 0 Å². The Morgan fingerprint density at radius 3 is 1.76 bits per heavy atom. The standard InChI is InChI=1S/C18H32O2P/c1-4-7-15-19-21(17-9-6-3,20-16-8-5-2)18-13-11-10-12-14-18/h10-14H,4-9,15-17H2,1-3H3/q+1. The Hall–Kier alpha value is -0.430. The molecule has 0 heterocycles. The van der Waals surface area contributed by atoms with Gasteiger partial charge in [-0.3, -0.25) is 0 Å². The molecular weight excluding hydrogens is 279 g/mol. The van der Waals surface area contributed by atoms with Crippen molar-refractivity contribution < 1.29 is 9.05 Å². The van der Waals surface area contributed by atoms with E-state index < -0.39 is 7.72 Å². The van der Waals surface area contributed by atoms with Gasteiger partial charge >= 0.3 is 7.72 Å². The predicted molar refractivity (Wildman–Crippen MR) is 94.5 cm³/mol. The number of hydrogen-bond acceptors (Lipinski definition) is 2. The molecule has 2 nitrogen and oxygen atoms in total. The van der Waals surface area contributed by atoms with Gasteiger partial charge in [0, 0.05) is 0 Å². The van der Waals surface area contributed by atoms with Crippen LogP contribution in [0, 0.1) is 0 Å². The van der Waals surface area contributed by atoms with Crippen LogP contribution in [0.15, 0.2) is 30.3 Å². The maximum atomic E-state index is 6.39. The topological polar surface area (TPSA) is 18.5 Å². The summed E-state index contributed by atoms with van der Waals surface area (Å²) in [5, 5.41) is 1.27. The number of benzene rings is 1. The average Bonchev–Trinajstić information content (AvgIpc) is 2.53. The molecule has 0 unspecified atom stereocenters. The lowest BCUT2D eigenvalue weighted by Crippen LogP contribution is -2.21. The van der Waals surface area contributed by atoms with Crippen molar-refractivity contribution in [2.75, 3.05) is 19.4 Å². The summed E-state index contributed by atoms with van der Waals surface area (Å²) in [6.45, 7) is 8.27. The molecule has 21 heavy (non-hydrogen) atoms. The molecule has 0 amide bonds. The summed E-state index contributed by atoms with van der Waals surface area (Å²) in [6.07, 6.45) is 7.94. The van der Waals surface area contributed by atoms with E-state index in [0.717, 1.165) is 45.1 Å². The van der Waals surface area contributed by atoms with E-state index in [-0.39, 0.29) is 0 Å². The Balaban J connectivity index is 2.89. The molecule has 0 bridgehead atoms. The van der Waals surface area contributed by atoms with Gasteiger partial charge in [-0.05, 0) is 31.4 Å². The van der Waals surface area contributed by atoms with Crippen molar-refractivity contribution in [2.45, 2.75) is 59.3 Å². The molecular formula is C18H32O2P+. The lowest BCUT2D eigenvalue weighted by molar-refractivity contribution is 0.231. The van der Waals surface area contributed by atoms with E-state index >= 15 is 0 Å². The molecule has 0 saturated heterocycles. The first-order chi connectivity index (χ1) is 10.3. The van der Waals surface area contributed by atoms with E-state index in [2.05, 4.69) is 51.1 Å².